The summed E-state index contributed by atoms with van der Waals surface area (Å²) in [6, 6.07) is 13.7. The van der Waals surface area contributed by atoms with E-state index in [1.165, 1.54) is 0 Å². The summed E-state index contributed by atoms with van der Waals surface area (Å²) >= 11 is 6.16. The third kappa shape index (κ3) is 2.11. The Morgan fingerprint density at radius 3 is 2.50 bits per heavy atom. The average molecular weight is 233 g/mol. The highest BCUT2D eigenvalue weighted by Crippen LogP contribution is 2.30. The third-order valence-electron chi connectivity index (χ3n) is 2.65. The average Bonchev–Trinajstić information content (AvgIpc) is 2.31. The molecular formula is C14H13ClO. The topological polar surface area (TPSA) is 20.2 Å². The van der Waals surface area contributed by atoms with Gasteiger partial charge in [0.05, 0.1) is 6.61 Å². The first kappa shape index (κ1) is 11.2. The number of hydrogen-bond donors (Lipinski definition) is 1. The Morgan fingerprint density at radius 2 is 1.81 bits per heavy atom. The van der Waals surface area contributed by atoms with Crippen LogP contribution in [0.2, 0.25) is 5.02 Å². The van der Waals surface area contributed by atoms with Crippen LogP contribution in [-0.2, 0) is 6.61 Å². The van der Waals surface area contributed by atoms with Crippen molar-refractivity contribution < 1.29 is 5.11 Å². The minimum Gasteiger partial charge on any atom is -0.392 e. The zero-order valence-corrected chi connectivity index (χ0v) is 9.83. The van der Waals surface area contributed by atoms with Gasteiger partial charge in [0, 0.05) is 10.6 Å². The van der Waals surface area contributed by atoms with E-state index >= 15 is 0 Å². The Balaban J connectivity index is 2.59. The molecule has 1 nitrogen and oxygen atoms in total. The highest BCUT2D eigenvalue weighted by molar-refractivity contribution is 6.33. The van der Waals surface area contributed by atoms with Gasteiger partial charge in [-0.15, -0.1) is 0 Å². The second kappa shape index (κ2) is 4.69. The van der Waals surface area contributed by atoms with Crippen molar-refractivity contribution >= 4 is 11.6 Å². The number of rotatable bonds is 2. The zero-order chi connectivity index (χ0) is 11.5. The first-order valence-corrected chi connectivity index (χ1v) is 5.55. The van der Waals surface area contributed by atoms with Crippen LogP contribution in [0.1, 0.15) is 11.1 Å². The first-order valence-electron chi connectivity index (χ1n) is 5.17. The molecule has 82 valence electrons. The van der Waals surface area contributed by atoms with Gasteiger partial charge in [0.15, 0.2) is 0 Å². The molecule has 0 saturated carbocycles. The minimum absolute atomic E-state index is 0.0533. The van der Waals surface area contributed by atoms with Crippen molar-refractivity contribution in [3.63, 3.8) is 0 Å². The van der Waals surface area contributed by atoms with Gasteiger partial charge in [-0.1, -0.05) is 41.9 Å². The summed E-state index contributed by atoms with van der Waals surface area (Å²) in [7, 11) is 0. The van der Waals surface area contributed by atoms with Crippen LogP contribution >= 0.6 is 11.6 Å². The van der Waals surface area contributed by atoms with Gasteiger partial charge in [-0.25, -0.2) is 0 Å². The van der Waals surface area contributed by atoms with Gasteiger partial charge >= 0.3 is 0 Å². The molecule has 0 spiro atoms. The van der Waals surface area contributed by atoms with E-state index in [1.807, 2.05) is 49.4 Å². The van der Waals surface area contributed by atoms with Gasteiger partial charge in [0.1, 0.15) is 0 Å². The molecule has 0 aromatic heterocycles. The Labute approximate surface area is 100 Å². The van der Waals surface area contributed by atoms with E-state index in [0.29, 0.717) is 0 Å². The number of aliphatic hydroxyl groups is 1. The summed E-state index contributed by atoms with van der Waals surface area (Å²) in [5, 5.41) is 9.87. The summed E-state index contributed by atoms with van der Waals surface area (Å²) < 4.78 is 0. The number of halogens is 1. The molecular weight excluding hydrogens is 220 g/mol. The summed E-state index contributed by atoms with van der Waals surface area (Å²) in [5.74, 6) is 0. The van der Waals surface area contributed by atoms with E-state index < -0.39 is 0 Å². The van der Waals surface area contributed by atoms with E-state index in [-0.39, 0.29) is 6.61 Å². The molecule has 0 fully saturated rings. The monoisotopic (exact) mass is 232 g/mol. The van der Waals surface area contributed by atoms with Crippen molar-refractivity contribution in [3.05, 3.63) is 58.6 Å². The summed E-state index contributed by atoms with van der Waals surface area (Å²) in [5.41, 5.74) is 4.15. The van der Waals surface area contributed by atoms with E-state index in [4.69, 9.17) is 16.7 Å². The Hall–Kier alpha value is -1.31. The molecule has 0 bridgehead atoms. The molecule has 0 amide bonds. The molecule has 0 saturated heterocycles. The molecule has 0 radical (unpaired) electrons. The summed E-state index contributed by atoms with van der Waals surface area (Å²) in [6.07, 6.45) is 0. The maximum absolute atomic E-state index is 9.14. The highest BCUT2D eigenvalue weighted by Gasteiger charge is 2.06. The third-order valence-corrected chi connectivity index (χ3v) is 2.98. The maximum Gasteiger partial charge on any atom is 0.0682 e. The fourth-order valence-electron chi connectivity index (χ4n) is 1.74. The molecule has 0 heterocycles. The fraction of sp³-hybridized carbons (Fsp3) is 0.143. The quantitative estimate of drug-likeness (QED) is 0.835. The van der Waals surface area contributed by atoms with Gasteiger partial charge < -0.3 is 5.11 Å². The van der Waals surface area contributed by atoms with Crippen molar-refractivity contribution in [3.8, 4) is 11.1 Å². The van der Waals surface area contributed by atoms with Crippen LogP contribution in [0.4, 0.5) is 0 Å². The van der Waals surface area contributed by atoms with Crippen LogP contribution in [0.25, 0.3) is 11.1 Å². The molecule has 0 atom stereocenters. The van der Waals surface area contributed by atoms with Crippen LogP contribution in [0.3, 0.4) is 0 Å². The first-order chi connectivity index (χ1) is 7.72. The highest BCUT2D eigenvalue weighted by atomic mass is 35.5. The van der Waals surface area contributed by atoms with Gasteiger partial charge in [0.25, 0.3) is 0 Å². The van der Waals surface area contributed by atoms with Crippen molar-refractivity contribution in [2.75, 3.05) is 0 Å². The normalized spacial score (nSPS) is 10.4. The smallest absolute Gasteiger partial charge is 0.0682 e. The van der Waals surface area contributed by atoms with E-state index in [0.717, 1.165) is 27.3 Å². The van der Waals surface area contributed by atoms with E-state index in [9.17, 15) is 0 Å². The van der Waals surface area contributed by atoms with Gasteiger partial charge in [-0.05, 0) is 35.7 Å². The van der Waals surface area contributed by atoms with Gasteiger partial charge in [0.2, 0.25) is 0 Å². The van der Waals surface area contributed by atoms with E-state index in [1.54, 1.807) is 0 Å². The van der Waals surface area contributed by atoms with Crippen LogP contribution in [0, 0.1) is 6.92 Å². The molecule has 2 heteroatoms. The SMILES string of the molecule is Cc1ccc(CO)cc1-c1ccccc1Cl. The zero-order valence-electron chi connectivity index (χ0n) is 9.07. The molecule has 1 N–H and O–H groups in total. The van der Waals surface area contributed by atoms with Crippen LogP contribution in [0.5, 0.6) is 0 Å². The second-order valence-corrected chi connectivity index (χ2v) is 4.19. The largest absolute Gasteiger partial charge is 0.392 e. The number of hydrogen-bond acceptors (Lipinski definition) is 1. The van der Waals surface area contributed by atoms with Gasteiger partial charge in [-0.3, -0.25) is 0 Å². The van der Waals surface area contributed by atoms with Crippen molar-refractivity contribution in [1.29, 1.82) is 0 Å². The summed E-state index contributed by atoms with van der Waals surface area (Å²) in [4.78, 5) is 0. The molecule has 2 aromatic rings. The standard InChI is InChI=1S/C14H13ClO/c1-10-6-7-11(9-16)8-13(10)12-4-2-3-5-14(12)15/h2-8,16H,9H2,1H3. The second-order valence-electron chi connectivity index (χ2n) is 3.79. The van der Waals surface area contributed by atoms with Crippen molar-refractivity contribution in [2.24, 2.45) is 0 Å². The molecule has 0 aliphatic carbocycles. The lowest BCUT2D eigenvalue weighted by Crippen LogP contribution is -1.89. The van der Waals surface area contributed by atoms with E-state index in [2.05, 4.69) is 0 Å². The lowest BCUT2D eigenvalue weighted by Gasteiger charge is -2.09. The van der Waals surface area contributed by atoms with Crippen LogP contribution in [-0.4, -0.2) is 5.11 Å². The van der Waals surface area contributed by atoms with Crippen molar-refractivity contribution in [1.82, 2.24) is 0 Å². The van der Waals surface area contributed by atoms with Crippen LogP contribution < -0.4 is 0 Å². The Kier molecular flexibility index (Phi) is 3.28. The molecule has 0 aliphatic rings. The van der Waals surface area contributed by atoms with Crippen LogP contribution in [0.15, 0.2) is 42.5 Å². The molecule has 0 aliphatic heterocycles. The summed E-state index contributed by atoms with van der Waals surface area (Å²) in [6.45, 7) is 2.09. The fourth-order valence-corrected chi connectivity index (χ4v) is 1.97. The Bertz CT molecular complexity index is 506. The lowest BCUT2D eigenvalue weighted by molar-refractivity contribution is 0.282. The van der Waals surface area contributed by atoms with Crippen molar-refractivity contribution in [2.45, 2.75) is 13.5 Å². The molecule has 16 heavy (non-hydrogen) atoms. The predicted octanol–water partition coefficient (Wildman–Crippen LogP) is 3.81. The van der Waals surface area contributed by atoms with Gasteiger partial charge in [-0.2, -0.15) is 0 Å². The molecule has 0 unspecified atom stereocenters. The Morgan fingerprint density at radius 1 is 1.06 bits per heavy atom. The number of aryl methyl sites for hydroxylation is 1. The minimum atomic E-state index is 0.0533. The number of aliphatic hydroxyl groups excluding tert-OH is 1. The maximum atomic E-state index is 9.14. The lowest BCUT2D eigenvalue weighted by atomic mass is 9.98. The molecule has 2 rings (SSSR count). The predicted molar refractivity (Wildman–Crippen MR) is 67.5 cm³/mol. The number of benzene rings is 2. The molecule has 2 aromatic carbocycles.